The molecule has 0 aliphatic carbocycles. The van der Waals surface area contributed by atoms with Gasteiger partial charge in [0.25, 0.3) is 0 Å². The standard InChI is InChI=1S/C28H29F2N11S/c1-17(2)41-18(3)36-27-21(29)11-20(12-24(27)41)26-22(30)13-33-28(39-26)38-25-6-5-19-14-40(8-7-23(19)37-25)9-10-42(4,34-15-31)35-16-32/h5-6,11-13,17H,7-10,14H2,1-4H3,(H,33,37,38,39). The molecule has 4 heterocycles. The Balaban J connectivity index is 1.35. The van der Waals surface area contributed by atoms with Crippen LogP contribution in [0.15, 0.2) is 39.2 Å². The predicted octanol–water partition coefficient (Wildman–Crippen LogP) is 5.27. The van der Waals surface area contributed by atoms with E-state index in [2.05, 4.69) is 33.9 Å². The van der Waals surface area contributed by atoms with Gasteiger partial charge in [-0.05, 0) is 54.2 Å². The fraction of sp³-hybridized carbons (Fsp3) is 0.357. The van der Waals surface area contributed by atoms with E-state index in [9.17, 15) is 4.39 Å². The number of aryl methyl sites for hydroxylation is 1. The highest BCUT2D eigenvalue weighted by Gasteiger charge is 2.20. The number of nitriles is 2. The number of nitrogens with one attached hydrogen (secondary N) is 1. The Bertz CT molecular complexity index is 1870. The molecule has 0 saturated heterocycles. The summed E-state index contributed by atoms with van der Waals surface area (Å²) in [5, 5.41) is 21.0. The minimum absolute atomic E-state index is 0.0311. The number of pyridine rings is 1. The zero-order chi connectivity index (χ0) is 30.0. The van der Waals surface area contributed by atoms with E-state index in [4.69, 9.17) is 15.5 Å². The molecular weight excluding hydrogens is 560 g/mol. The molecule has 11 nitrogen and oxygen atoms in total. The normalized spacial score (nSPS) is 13.5. The van der Waals surface area contributed by atoms with Gasteiger partial charge in [-0.3, -0.25) is 4.90 Å². The van der Waals surface area contributed by atoms with Crippen LogP contribution in [-0.2, 0) is 22.6 Å². The topological polar surface area (TPSA) is 144 Å². The third kappa shape index (κ3) is 5.91. The lowest BCUT2D eigenvalue weighted by atomic mass is 10.1. The van der Waals surface area contributed by atoms with Crippen LogP contribution < -0.4 is 5.32 Å². The summed E-state index contributed by atoms with van der Waals surface area (Å²) in [6.45, 7) is 7.83. The van der Waals surface area contributed by atoms with Crippen molar-refractivity contribution in [2.75, 3.05) is 30.4 Å². The number of benzene rings is 1. The molecule has 1 aliphatic rings. The van der Waals surface area contributed by atoms with Crippen molar-refractivity contribution in [1.29, 1.82) is 10.5 Å². The zero-order valence-corrected chi connectivity index (χ0v) is 24.5. The second-order valence-corrected chi connectivity index (χ2v) is 13.1. The van der Waals surface area contributed by atoms with E-state index in [1.54, 1.807) is 30.8 Å². The first-order valence-electron chi connectivity index (χ1n) is 13.3. The molecule has 1 aliphatic heterocycles. The van der Waals surface area contributed by atoms with E-state index < -0.39 is 21.3 Å². The summed E-state index contributed by atoms with van der Waals surface area (Å²) in [4.78, 5) is 19.7. The molecule has 0 amide bonds. The number of hydrogen-bond donors (Lipinski definition) is 1. The van der Waals surface area contributed by atoms with E-state index in [0.29, 0.717) is 42.4 Å². The van der Waals surface area contributed by atoms with Gasteiger partial charge in [0.2, 0.25) is 18.3 Å². The molecule has 14 heteroatoms. The van der Waals surface area contributed by atoms with Crippen molar-refractivity contribution in [2.24, 2.45) is 8.73 Å². The van der Waals surface area contributed by atoms with Gasteiger partial charge in [-0.2, -0.15) is 10.5 Å². The number of fused-ring (bicyclic) bond motifs is 2. The van der Waals surface area contributed by atoms with Gasteiger partial charge in [0.05, 0.1) is 11.7 Å². The zero-order valence-electron chi connectivity index (χ0n) is 23.6. The average Bonchev–Trinajstić information content (AvgIpc) is 3.30. The van der Waals surface area contributed by atoms with Gasteiger partial charge < -0.3 is 9.88 Å². The van der Waals surface area contributed by atoms with Crippen LogP contribution in [0.4, 0.5) is 20.5 Å². The van der Waals surface area contributed by atoms with Gasteiger partial charge in [0.15, 0.2) is 11.6 Å². The van der Waals surface area contributed by atoms with Gasteiger partial charge in [-0.1, -0.05) is 6.07 Å². The Morgan fingerprint density at radius 3 is 2.57 bits per heavy atom. The van der Waals surface area contributed by atoms with Crippen molar-refractivity contribution in [1.82, 2.24) is 29.4 Å². The molecule has 1 N–H and O–H groups in total. The van der Waals surface area contributed by atoms with E-state index in [-0.39, 0.29) is 28.8 Å². The van der Waals surface area contributed by atoms with Crippen molar-refractivity contribution in [3.05, 3.63) is 59.2 Å². The number of hydrogen-bond acceptors (Lipinski definition) is 10. The van der Waals surface area contributed by atoms with Crippen molar-refractivity contribution in [3.8, 4) is 23.6 Å². The maximum Gasteiger partial charge on any atom is 0.229 e. The van der Waals surface area contributed by atoms with E-state index in [1.807, 2.05) is 31.4 Å². The van der Waals surface area contributed by atoms with Crippen molar-refractivity contribution >= 4 is 32.4 Å². The van der Waals surface area contributed by atoms with Gasteiger partial charge in [-0.15, -0.1) is 8.73 Å². The van der Waals surface area contributed by atoms with Crippen LogP contribution in [0, 0.1) is 41.5 Å². The minimum Gasteiger partial charge on any atom is -0.326 e. The lowest BCUT2D eigenvalue weighted by Crippen LogP contribution is -2.34. The van der Waals surface area contributed by atoms with Gasteiger partial charge in [0, 0.05) is 55.4 Å². The highest BCUT2D eigenvalue weighted by Crippen LogP contribution is 2.30. The molecule has 216 valence electrons. The molecule has 0 bridgehead atoms. The fourth-order valence-corrected chi connectivity index (χ4v) is 6.31. The predicted molar refractivity (Wildman–Crippen MR) is 157 cm³/mol. The maximum atomic E-state index is 15.0. The van der Waals surface area contributed by atoms with Crippen LogP contribution in [-0.4, -0.2) is 54.5 Å². The Morgan fingerprint density at radius 1 is 1.10 bits per heavy atom. The van der Waals surface area contributed by atoms with E-state index in [0.717, 1.165) is 24.0 Å². The quantitative estimate of drug-likeness (QED) is 0.287. The summed E-state index contributed by atoms with van der Waals surface area (Å²) >= 11 is 0. The number of anilines is 2. The monoisotopic (exact) mass is 589 g/mol. The van der Waals surface area contributed by atoms with Crippen LogP contribution in [0.1, 0.15) is 37.0 Å². The molecule has 0 atom stereocenters. The van der Waals surface area contributed by atoms with Gasteiger partial charge >= 0.3 is 0 Å². The SMILES string of the molecule is Cc1nc2c(F)cc(-c3nc(Nc4ccc5c(n4)CCN(CCS(C)(=NC#N)=NC#N)C5)ncc3F)cc2n1C(C)C. The molecule has 0 fully saturated rings. The molecule has 1 aromatic carbocycles. The van der Waals surface area contributed by atoms with E-state index >= 15 is 4.39 Å². The third-order valence-electron chi connectivity index (χ3n) is 7.10. The molecule has 0 spiro atoms. The highest BCUT2D eigenvalue weighted by molar-refractivity contribution is 7.95. The molecule has 0 radical (unpaired) electrons. The van der Waals surface area contributed by atoms with Crippen molar-refractivity contribution in [3.63, 3.8) is 0 Å². The Morgan fingerprint density at radius 2 is 1.86 bits per heavy atom. The minimum atomic E-state index is -2.01. The van der Waals surface area contributed by atoms with E-state index in [1.165, 1.54) is 6.07 Å². The summed E-state index contributed by atoms with van der Waals surface area (Å²) in [6, 6.07) is 6.74. The lowest BCUT2D eigenvalue weighted by molar-refractivity contribution is 0.268. The Kier molecular flexibility index (Phi) is 8.11. The molecule has 42 heavy (non-hydrogen) atoms. The highest BCUT2D eigenvalue weighted by atomic mass is 32.2. The van der Waals surface area contributed by atoms with Crippen molar-refractivity contribution in [2.45, 2.75) is 39.8 Å². The number of rotatable bonds is 7. The number of aromatic nitrogens is 5. The molecule has 3 aromatic heterocycles. The number of nitrogens with zero attached hydrogens (tertiary/aromatic N) is 10. The average molecular weight is 590 g/mol. The summed E-state index contributed by atoms with van der Waals surface area (Å²) < 4.78 is 39.6. The largest absolute Gasteiger partial charge is 0.326 e. The summed E-state index contributed by atoms with van der Waals surface area (Å²) in [5.41, 5.74) is 3.03. The van der Waals surface area contributed by atoms with Crippen LogP contribution in [0.2, 0.25) is 0 Å². The Labute approximate surface area is 242 Å². The second kappa shape index (κ2) is 11.8. The molecular formula is C28H29F2N11S. The first-order valence-corrected chi connectivity index (χ1v) is 15.4. The number of halogens is 2. The van der Waals surface area contributed by atoms with Crippen LogP contribution in [0.25, 0.3) is 22.3 Å². The summed E-state index contributed by atoms with van der Waals surface area (Å²) in [7, 11) is -2.01. The first kappa shape index (κ1) is 29.0. The second-order valence-electron chi connectivity index (χ2n) is 10.4. The summed E-state index contributed by atoms with van der Waals surface area (Å²) in [6.07, 6.45) is 7.07. The Hall–Kier alpha value is -4.53. The third-order valence-corrected chi connectivity index (χ3v) is 9.00. The van der Waals surface area contributed by atoms with Crippen LogP contribution in [0.3, 0.4) is 0 Å². The molecule has 4 aromatic rings. The smallest absolute Gasteiger partial charge is 0.229 e. The molecule has 0 saturated carbocycles. The van der Waals surface area contributed by atoms with Crippen LogP contribution >= 0.6 is 0 Å². The first-order chi connectivity index (χ1) is 20.1. The number of imidazole rings is 1. The fourth-order valence-electron chi connectivity index (χ4n) is 5.13. The lowest BCUT2D eigenvalue weighted by Gasteiger charge is -2.28. The molecule has 0 unspecified atom stereocenters. The maximum absolute atomic E-state index is 15.0. The van der Waals surface area contributed by atoms with Crippen molar-refractivity contribution < 1.29 is 8.78 Å². The van der Waals surface area contributed by atoms with Crippen LogP contribution in [0.5, 0.6) is 0 Å². The van der Waals surface area contributed by atoms with Gasteiger partial charge in [-0.25, -0.2) is 28.7 Å². The summed E-state index contributed by atoms with van der Waals surface area (Å²) in [5.74, 6) is 0.618. The molecule has 5 rings (SSSR count). The van der Waals surface area contributed by atoms with Gasteiger partial charge in [0.1, 0.15) is 22.9 Å².